The van der Waals surface area contributed by atoms with Crippen LogP contribution in [0.2, 0.25) is 0 Å². The predicted octanol–water partition coefficient (Wildman–Crippen LogP) is 2.19. The van der Waals surface area contributed by atoms with Crippen LogP contribution < -0.4 is 10.9 Å². The van der Waals surface area contributed by atoms with Crippen molar-refractivity contribution in [2.45, 2.75) is 20.4 Å². The Morgan fingerprint density at radius 1 is 1.10 bits per heavy atom. The van der Waals surface area contributed by atoms with Crippen LogP contribution in [0.15, 0.2) is 47.5 Å². The largest absolute Gasteiger partial charge is 0.352 e. The zero-order chi connectivity index (χ0) is 22.0. The lowest BCUT2D eigenvalue weighted by Gasteiger charge is -2.32. The predicted molar refractivity (Wildman–Crippen MR) is 123 cm³/mol. The Hall–Kier alpha value is -3.03. The molecule has 31 heavy (non-hydrogen) atoms. The third-order valence-electron chi connectivity index (χ3n) is 5.89. The van der Waals surface area contributed by atoms with Crippen molar-refractivity contribution in [1.82, 2.24) is 24.7 Å². The minimum atomic E-state index is -0.153. The summed E-state index contributed by atoms with van der Waals surface area (Å²) in [5.41, 5.74) is 3.78. The van der Waals surface area contributed by atoms with Crippen molar-refractivity contribution in [3.8, 4) is 5.69 Å². The molecule has 3 aromatic rings. The van der Waals surface area contributed by atoms with E-state index in [2.05, 4.69) is 33.2 Å². The third-order valence-corrected chi connectivity index (χ3v) is 5.89. The first kappa shape index (κ1) is 21.2. The van der Waals surface area contributed by atoms with Gasteiger partial charge in [0.05, 0.1) is 16.6 Å². The number of fused-ring (bicyclic) bond motifs is 1. The van der Waals surface area contributed by atoms with Gasteiger partial charge < -0.3 is 10.2 Å². The molecule has 0 bridgehead atoms. The second-order valence-electron chi connectivity index (χ2n) is 8.21. The van der Waals surface area contributed by atoms with Gasteiger partial charge in [-0.25, -0.2) is 4.98 Å². The van der Waals surface area contributed by atoms with E-state index in [0.717, 1.165) is 43.9 Å². The summed E-state index contributed by atoms with van der Waals surface area (Å²) in [7, 11) is 2.14. The van der Waals surface area contributed by atoms with Crippen molar-refractivity contribution >= 4 is 16.8 Å². The molecule has 4 rings (SSSR count). The van der Waals surface area contributed by atoms with Crippen molar-refractivity contribution < 1.29 is 4.79 Å². The van der Waals surface area contributed by atoms with Crippen LogP contribution in [-0.2, 0) is 6.54 Å². The highest BCUT2D eigenvalue weighted by atomic mass is 16.1. The summed E-state index contributed by atoms with van der Waals surface area (Å²) < 4.78 is 1.54. The second kappa shape index (κ2) is 8.99. The van der Waals surface area contributed by atoms with Gasteiger partial charge in [-0.3, -0.25) is 19.1 Å². The van der Waals surface area contributed by atoms with E-state index in [0.29, 0.717) is 28.7 Å². The van der Waals surface area contributed by atoms with Crippen molar-refractivity contribution in [2.75, 3.05) is 39.8 Å². The minimum Gasteiger partial charge on any atom is -0.352 e. The first-order valence-electron chi connectivity index (χ1n) is 10.8. The zero-order valence-electron chi connectivity index (χ0n) is 18.4. The Morgan fingerprint density at radius 2 is 1.87 bits per heavy atom. The second-order valence-corrected chi connectivity index (χ2v) is 8.21. The number of amides is 1. The fraction of sp³-hybridized carbons (Fsp3) is 0.375. The van der Waals surface area contributed by atoms with E-state index >= 15 is 0 Å². The molecule has 7 heteroatoms. The molecule has 1 fully saturated rings. The van der Waals surface area contributed by atoms with Gasteiger partial charge >= 0.3 is 0 Å². The van der Waals surface area contributed by atoms with Gasteiger partial charge in [0, 0.05) is 44.8 Å². The molecule has 0 aliphatic carbocycles. The van der Waals surface area contributed by atoms with Crippen LogP contribution in [0.3, 0.4) is 0 Å². The summed E-state index contributed by atoms with van der Waals surface area (Å²) in [5.74, 6) is -0.153. The maximum atomic E-state index is 13.4. The summed E-state index contributed by atoms with van der Waals surface area (Å²) in [5, 5.41) is 3.40. The Kier molecular flexibility index (Phi) is 6.15. The van der Waals surface area contributed by atoms with Crippen LogP contribution in [0.4, 0.5) is 0 Å². The van der Waals surface area contributed by atoms with E-state index in [1.54, 1.807) is 23.0 Å². The molecule has 162 valence electrons. The first-order valence-corrected chi connectivity index (χ1v) is 10.8. The van der Waals surface area contributed by atoms with Gasteiger partial charge in [-0.1, -0.05) is 12.1 Å². The molecule has 0 atom stereocenters. The Balaban J connectivity index is 1.70. The van der Waals surface area contributed by atoms with E-state index < -0.39 is 0 Å². The van der Waals surface area contributed by atoms with E-state index in [4.69, 9.17) is 0 Å². The number of carbonyl (C=O) groups excluding carboxylic acids is 1. The highest BCUT2D eigenvalue weighted by Gasteiger charge is 2.15. The molecule has 1 saturated heterocycles. The summed E-state index contributed by atoms with van der Waals surface area (Å²) in [6.07, 6.45) is 1.55. The molecule has 0 spiro atoms. The summed E-state index contributed by atoms with van der Waals surface area (Å²) in [4.78, 5) is 34.9. The molecule has 0 radical (unpaired) electrons. The first-order chi connectivity index (χ1) is 15.0. The Bertz CT molecular complexity index is 1160. The van der Waals surface area contributed by atoms with Crippen LogP contribution in [0.5, 0.6) is 0 Å². The van der Waals surface area contributed by atoms with Gasteiger partial charge in [0.2, 0.25) is 0 Å². The lowest BCUT2D eigenvalue weighted by atomic mass is 10.1. The number of rotatable bonds is 5. The highest BCUT2D eigenvalue weighted by Crippen LogP contribution is 2.18. The fourth-order valence-corrected chi connectivity index (χ4v) is 3.98. The van der Waals surface area contributed by atoms with Gasteiger partial charge in [0.15, 0.2) is 0 Å². The molecule has 7 nitrogen and oxygen atoms in total. The van der Waals surface area contributed by atoms with Crippen LogP contribution in [0.1, 0.15) is 28.4 Å². The van der Waals surface area contributed by atoms with Crippen LogP contribution >= 0.6 is 0 Å². The average Bonchev–Trinajstić information content (AvgIpc) is 2.77. The number of piperazine rings is 1. The summed E-state index contributed by atoms with van der Waals surface area (Å²) in [6.45, 7) is 9.35. The molecule has 1 amide bonds. The van der Waals surface area contributed by atoms with E-state index in [1.807, 2.05) is 32.0 Å². The molecular formula is C24H29N5O2. The zero-order valence-corrected chi connectivity index (χ0v) is 18.4. The number of aryl methyl sites for hydroxylation is 1. The standard InChI is InChI=1S/C24H29N5O2/c1-4-25-23(30)19-7-5-17(2)22(14-19)29-16-26-21-8-6-18(13-20(21)24(29)31)15-28-11-9-27(3)10-12-28/h5-8,13-14,16H,4,9-12,15H2,1-3H3,(H,25,30). The molecular weight excluding hydrogens is 390 g/mol. The van der Waals surface area contributed by atoms with Gasteiger partial charge in [0.1, 0.15) is 6.33 Å². The molecule has 1 aromatic heterocycles. The number of likely N-dealkylation sites (N-methyl/N-ethyl adjacent to an activating group) is 1. The quantitative estimate of drug-likeness (QED) is 0.687. The summed E-state index contributed by atoms with van der Waals surface area (Å²) in [6, 6.07) is 11.3. The molecule has 0 saturated carbocycles. The molecule has 2 heterocycles. The van der Waals surface area contributed by atoms with E-state index in [-0.39, 0.29) is 11.5 Å². The van der Waals surface area contributed by atoms with Gasteiger partial charge in [-0.15, -0.1) is 0 Å². The average molecular weight is 420 g/mol. The number of hydrogen-bond donors (Lipinski definition) is 1. The topological polar surface area (TPSA) is 70.5 Å². The molecule has 1 aliphatic rings. The summed E-state index contributed by atoms with van der Waals surface area (Å²) >= 11 is 0. The lowest BCUT2D eigenvalue weighted by molar-refractivity contribution is 0.0956. The van der Waals surface area contributed by atoms with Crippen molar-refractivity contribution in [2.24, 2.45) is 0 Å². The van der Waals surface area contributed by atoms with Crippen molar-refractivity contribution in [3.63, 3.8) is 0 Å². The van der Waals surface area contributed by atoms with Crippen molar-refractivity contribution in [1.29, 1.82) is 0 Å². The van der Waals surface area contributed by atoms with Gasteiger partial charge in [-0.05, 0) is 56.3 Å². The number of aromatic nitrogens is 2. The molecule has 1 aliphatic heterocycles. The SMILES string of the molecule is CCNC(=O)c1ccc(C)c(-n2cnc3ccc(CN4CCN(C)CC4)cc3c2=O)c1. The van der Waals surface area contributed by atoms with Crippen LogP contribution in [0, 0.1) is 6.92 Å². The van der Waals surface area contributed by atoms with Crippen LogP contribution in [0.25, 0.3) is 16.6 Å². The minimum absolute atomic E-state index is 0.124. The maximum Gasteiger partial charge on any atom is 0.265 e. The number of carbonyl (C=O) groups is 1. The Morgan fingerprint density at radius 3 is 2.61 bits per heavy atom. The number of nitrogens with one attached hydrogen (secondary N) is 1. The number of benzene rings is 2. The monoisotopic (exact) mass is 419 g/mol. The smallest absolute Gasteiger partial charge is 0.265 e. The van der Waals surface area contributed by atoms with Crippen molar-refractivity contribution in [3.05, 3.63) is 69.8 Å². The fourth-order valence-electron chi connectivity index (χ4n) is 3.98. The highest BCUT2D eigenvalue weighted by molar-refractivity contribution is 5.94. The molecule has 0 unspecified atom stereocenters. The Labute approximate surface area is 182 Å². The molecule has 2 aromatic carbocycles. The molecule has 1 N–H and O–H groups in total. The van der Waals surface area contributed by atoms with E-state index in [1.165, 1.54) is 0 Å². The van der Waals surface area contributed by atoms with E-state index in [9.17, 15) is 9.59 Å². The van der Waals surface area contributed by atoms with Gasteiger partial charge in [-0.2, -0.15) is 0 Å². The lowest BCUT2D eigenvalue weighted by Crippen LogP contribution is -2.43. The third kappa shape index (κ3) is 4.52. The van der Waals surface area contributed by atoms with Gasteiger partial charge in [0.25, 0.3) is 11.5 Å². The maximum absolute atomic E-state index is 13.4. The number of nitrogens with zero attached hydrogens (tertiary/aromatic N) is 4. The van der Waals surface area contributed by atoms with Crippen LogP contribution in [-0.4, -0.2) is 65.0 Å². The normalized spacial score (nSPS) is 15.3. The number of hydrogen-bond acceptors (Lipinski definition) is 5.